The highest BCUT2D eigenvalue weighted by molar-refractivity contribution is 9.10. The molecule has 0 aliphatic rings. The van der Waals surface area contributed by atoms with Crippen LogP contribution in [0.15, 0.2) is 40.9 Å². The van der Waals surface area contributed by atoms with Gasteiger partial charge in [-0.05, 0) is 37.6 Å². The molecule has 0 atom stereocenters. The van der Waals surface area contributed by atoms with Gasteiger partial charge < -0.3 is 5.32 Å². The van der Waals surface area contributed by atoms with Crippen LogP contribution in [0.1, 0.15) is 23.7 Å². The highest BCUT2D eigenvalue weighted by atomic mass is 79.9. The van der Waals surface area contributed by atoms with E-state index in [2.05, 4.69) is 21.2 Å². The molecule has 0 saturated heterocycles. The van der Waals surface area contributed by atoms with Crippen molar-refractivity contribution in [2.75, 3.05) is 6.54 Å². The van der Waals surface area contributed by atoms with Crippen LogP contribution in [0.3, 0.4) is 0 Å². The number of carbonyl (C=O) groups is 1. The molecule has 80 valence electrons. The second kappa shape index (κ2) is 6.40. The standard InChI is InChI=1S/C12H14BrNO/c1-2-3-4-9-14-12(15)10-5-7-11(13)8-6-10/h2-3,5-8H,4,9H2,1H3,(H,14,15)/b3-2+. The average molecular weight is 268 g/mol. The molecule has 0 bridgehead atoms. The summed E-state index contributed by atoms with van der Waals surface area (Å²) in [5.74, 6) is -0.0213. The summed E-state index contributed by atoms with van der Waals surface area (Å²) in [6.07, 6.45) is 4.88. The highest BCUT2D eigenvalue weighted by Crippen LogP contribution is 2.10. The van der Waals surface area contributed by atoms with Gasteiger partial charge in [-0.1, -0.05) is 28.1 Å². The predicted octanol–water partition coefficient (Wildman–Crippen LogP) is 3.15. The Hall–Kier alpha value is -1.09. The number of benzene rings is 1. The van der Waals surface area contributed by atoms with Crippen LogP contribution in [0.25, 0.3) is 0 Å². The van der Waals surface area contributed by atoms with E-state index in [4.69, 9.17) is 0 Å². The fourth-order valence-electron chi connectivity index (χ4n) is 1.14. The van der Waals surface area contributed by atoms with E-state index in [0.717, 1.165) is 10.9 Å². The van der Waals surface area contributed by atoms with Crippen molar-refractivity contribution >= 4 is 21.8 Å². The largest absolute Gasteiger partial charge is 0.352 e. The second-order valence-electron chi connectivity index (χ2n) is 3.12. The van der Waals surface area contributed by atoms with Gasteiger partial charge in [-0.3, -0.25) is 4.79 Å². The third kappa shape index (κ3) is 4.30. The molecule has 1 aromatic carbocycles. The van der Waals surface area contributed by atoms with Gasteiger partial charge in [0.2, 0.25) is 0 Å². The molecule has 0 fully saturated rings. The number of amides is 1. The average Bonchev–Trinajstić information content (AvgIpc) is 2.25. The van der Waals surface area contributed by atoms with Gasteiger partial charge in [0.05, 0.1) is 0 Å². The van der Waals surface area contributed by atoms with Gasteiger partial charge >= 0.3 is 0 Å². The minimum atomic E-state index is -0.0213. The SMILES string of the molecule is C/C=C/CCNC(=O)c1ccc(Br)cc1. The predicted molar refractivity (Wildman–Crippen MR) is 65.9 cm³/mol. The Kier molecular flexibility index (Phi) is 5.12. The molecule has 0 saturated carbocycles. The summed E-state index contributed by atoms with van der Waals surface area (Å²) < 4.78 is 0.980. The fourth-order valence-corrected chi connectivity index (χ4v) is 1.40. The van der Waals surface area contributed by atoms with E-state index in [9.17, 15) is 4.79 Å². The Morgan fingerprint density at radius 1 is 1.40 bits per heavy atom. The molecule has 0 aromatic heterocycles. The van der Waals surface area contributed by atoms with Crippen LogP contribution in [-0.4, -0.2) is 12.5 Å². The molecule has 1 amide bonds. The van der Waals surface area contributed by atoms with Crippen LogP contribution >= 0.6 is 15.9 Å². The maximum atomic E-state index is 11.6. The van der Waals surface area contributed by atoms with Crippen LogP contribution in [0.4, 0.5) is 0 Å². The zero-order valence-electron chi connectivity index (χ0n) is 8.66. The molecule has 1 N–H and O–H groups in total. The molecule has 0 spiro atoms. The van der Waals surface area contributed by atoms with E-state index < -0.39 is 0 Å². The lowest BCUT2D eigenvalue weighted by molar-refractivity contribution is 0.0954. The van der Waals surface area contributed by atoms with Crippen molar-refractivity contribution < 1.29 is 4.79 Å². The highest BCUT2D eigenvalue weighted by Gasteiger charge is 2.02. The summed E-state index contributed by atoms with van der Waals surface area (Å²) in [4.78, 5) is 11.6. The summed E-state index contributed by atoms with van der Waals surface area (Å²) in [6, 6.07) is 7.33. The number of hydrogen-bond donors (Lipinski definition) is 1. The van der Waals surface area contributed by atoms with E-state index in [-0.39, 0.29) is 5.91 Å². The summed E-state index contributed by atoms with van der Waals surface area (Å²) in [6.45, 7) is 2.65. The van der Waals surface area contributed by atoms with Gasteiger partial charge in [0.25, 0.3) is 5.91 Å². The second-order valence-corrected chi connectivity index (χ2v) is 4.04. The summed E-state index contributed by atoms with van der Waals surface area (Å²) >= 11 is 3.33. The van der Waals surface area contributed by atoms with Gasteiger partial charge in [0.1, 0.15) is 0 Å². The van der Waals surface area contributed by atoms with Gasteiger partial charge in [0, 0.05) is 16.6 Å². The van der Waals surface area contributed by atoms with Crippen molar-refractivity contribution in [2.24, 2.45) is 0 Å². The maximum Gasteiger partial charge on any atom is 0.251 e. The van der Waals surface area contributed by atoms with Crippen LogP contribution in [0, 0.1) is 0 Å². The van der Waals surface area contributed by atoms with Crippen molar-refractivity contribution in [2.45, 2.75) is 13.3 Å². The summed E-state index contributed by atoms with van der Waals surface area (Å²) in [7, 11) is 0. The Bertz CT molecular complexity index is 343. The molecule has 2 nitrogen and oxygen atoms in total. The van der Waals surface area contributed by atoms with Crippen LogP contribution in [0.5, 0.6) is 0 Å². The zero-order chi connectivity index (χ0) is 11.1. The first-order valence-electron chi connectivity index (χ1n) is 4.89. The van der Waals surface area contributed by atoms with Gasteiger partial charge in [-0.25, -0.2) is 0 Å². The van der Waals surface area contributed by atoms with Crippen molar-refractivity contribution in [3.63, 3.8) is 0 Å². The summed E-state index contributed by atoms with van der Waals surface area (Å²) in [5, 5.41) is 2.85. The minimum Gasteiger partial charge on any atom is -0.352 e. The van der Waals surface area contributed by atoms with Crippen LogP contribution in [0.2, 0.25) is 0 Å². The van der Waals surface area contributed by atoms with E-state index in [1.54, 1.807) is 12.1 Å². The first kappa shape index (κ1) is 12.0. The number of halogens is 1. The lowest BCUT2D eigenvalue weighted by Crippen LogP contribution is -2.23. The molecule has 3 heteroatoms. The normalized spacial score (nSPS) is 10.5. The van der Waals surface area contributed by atoms with Crippen molar-refractivity contribution in [1.82, 2.24) is 5.32 Å². The van der Waals surface area contributed by atoms with E-state index in [0.29, 0.717) is 12.1 Å². The van der Waals surface area contributed by atoms with Crippen molar-refractivity contribution in [3.8, 4) is 0 Å². The van der Waals surface area contributed by atoms with Gasteiger partial charge in [0.15, 0.2) is 0 Å². The van der Waals surface area contributed by atoms with Crippen molar-refractivity contribution in [1.29, 1.82) is 0 Å². The Balaban J connectivity index is 2.43. The maximum absolute atomic E-state index is 11.6. The molecular formula is C12H14BrNO. The van der Waals surface area contributed by atoms with Crippen LogP contribution in [-0.2, 0) is 0 Å². The first-order chi connectivity index (χ1) is 7.24. The number of carbonyl (C=O) groups excluding carboxylic acids is 1. The molecule has 0 radical (unpaired) electrons. The molecular weight excluding hydrogens is 254 g/mol. The first-order valence-corrected chi connectivity index (χ1v) is 5.68. The van der Waals surface area contributed by atoms with Crippen LogP contribution < -0.4 is 5.32 Å². The van der Waals surface area contributed by atoms with Gasteiger partial charge in [-0.2, -0.15) is 0 Å². The van der Waals surface area contributed by atoms with E-state index >= 15 is 0 Å². The molecule has 0 aliphatic heterocycles. The number of rotatable bonds is 4. The zero-order valence-corrected chi connectivity index (χ0v) is 10.3. The Morgan fingerprint density at radius 2 is 2.07 bits per heavy atom. The number of hydrogen-bond acceptors (Lipinski definition) is 1. The minimum absolute atomic E-state index is 0.0213. The molecule has 1 aromatic rings. The lowest BCUT2D eigenvalue weighted by atomic mass is 10.2. The number of allylic oxidation sites excluding steroid dienone is 1. The van der Waals surface area contributed by atoms with Crippen molar-refractivity contribution in [3.05, 3.63) is 46.5 Å². The third-order valence-electron chi connectivity index (χ3n) is 1.94. The Labute approximate surface area is 98.5 Å². The number of nitrogens with one attached hydrogen (secondary N) is 1. The molecule has 1 rings (SSSR count). The topological polar surface area (TPSA) is 29.1 Å². The molecule has 0 aliphatic carbocycles. The molecule has 0 heterocycles. The third-order valence-corrected chi connectivity index (χ3v) is 2.47. The van der Waals surface area contributed by atoms with E-state index in [1.807, 2.05) is 31.2 Å². The molecule has 15 heavy (non-hydrogen) atoms. The molecule has 0 unspecified atom stereocenters. The lowest BCUT2D eigenvalue weighted by Gasteiger charge is -2.03. The fraction of sp³-hybridized carbons (Fsp3) is 0.250. The summed E-state index contributed by atoms with van der Waals surface area (Å²) in [5.41, 5.74) is 0.693. The van der Waals surface area contributed by atoms with E-state index in [1.165, 1.54) is 0 Å². The monoisotopic (exact) mass is 267 g/mol. The Morgan fingerprint density at radius 3 is 2.67 bits per heavy atom. The quantitative estimate of drug-likeness (QED) is 0.659. The van der Waals surface area contributed by atoms with Gasteiger partial charge in [-0.15, -0.1) is 0 Å². The smallest absolute Gasteiger partial charge is 0.251 e.